The van der Waals surface area contributed by atoms with Crippen molar-refractivity contribution in [1.29, 1.82) is 0 Å². The van der Waals surface area contributed by atoms with Crippen LogP contribution in [0.5, 0.6) is 0 Å². The topological polar surface area (TPSA) is 44.3 Å². The third kappa shape index (κ3) is 4.14. The summed E-state index contributed by atoms with van der Waals surface area (Å²) >= 11 is 0. The molecule has 0 spiro atoms. The number of aryl methyl sites for hydroxylation is 2. The molecule has 19 heavy (non-hydrogen) atoms. The van der Waals surface area contributed by atoms with E-state index in [2.05, 4.69) is 39.1 Å². The van der Waals surface area contributed by atoms with Gasteiger partial charge in [-0.15, -0.1) is 0 Å². The smallest absolute Gasteiger partial charge is 0.129 e. The van der Waals surface area contributed by atoms with E-state index in [9.17, 15) is 0 Å². The van der Waals surface area contributed by atoms with Crippen LogP contribution in [0.15, 0.2) is 6.07 Å². The van der Waals surface area contributed by atoms with Gasteiger partial charge < -0.3 is 10.2 Å². The Kier molecular flexibility index (Phi) is 4.71. The SMILES string of the molecule is Cc1cc(NCC(C)N2CCN(C)CC2)nc(C)n1. The molecule has 1 saturated heterocycles. The molecule has 106 valence electrons. The first-order chi connectivity index (χ1) is 9.04. The van der Waals surface area contributed by atoms with Crippen LogP contribution in [-0.2, 0) is 0 Å². The minimum absolute atomic E-state index is 0.532. The molecule has 1 aromatic heterocycles. The van der Waals surface area contributed by atoms with Gasteiger partial charge in [0, 0.05) is 50.5 Å². The molecule has 1 atom stereocenters. The number of hydrogen-bond acceptors (Lipinski definition) is 5. The Morgan fingerprint density at radius 2 is 1.89 bits per heavy atom. The zero-order valence-electron chi connectivity index (χ0n) is 12.5. The van der Waals surface area contributed by atoms with E-state index >= 15 is 0 Å². The molecule has 2 rings (SSSR count). The second kappa shape index (κ2) is 6.30. The van der Waals surface area contributed by atoms with Crippen LogP contribution < -0.4 is 5.32 Å². The van der Waals surface area contributed by atoms with Crippen LogP contribution in [0.3, 0.4) is 0 Å². The van der Waals surface area contributed by atoms with Crippen LogP contribution >= 0.6 is 0 Å². The first kappa shape index (κ1) is 14.2. The predicted molar refractivity (Wildman–Crippen MR) is 78.5 cm³/mol. The fourth-order valence-electron chi connectivity index (χ4n) is 2.45. The van der Waals surface area contributed by atoms with Crippen LogP contribution in [0.2, 0.25) is 0 Å². The van der Waals surface area contributed by atoms with Gasteiger partial charge >= 0.3 is 0 Å². The van der Waals surface area contributed by atoms with E-state index < -0.39 is 0 Å². The summed E-state index contributed by atoms with van der Waals surface area (Å²) in [5, 5.41) is 3.43. The molecule has 1 aromatic rings. The molecule has 1 aliphatic rings. The zero-order valence-corrected chi connectivity index (χ0v) is 12.5. The molecule has 0 amide bonds. The maximum Gasteiger partial charge on any atom is 0.129 e. The molecule has 1 fully saturated rings. The summed E-state index contributed by atoms with van der Waals surface area (Å²) in [7, 11) is 2.19. The highest BCUT2D eigenvalue weighted by Crippen LogP contribution is 2.08. The van der Waals surface area contributed by atoms with Crippen molar-refractivity contribution >= 4 is 5.82 Å². The van der Waals surface area contributed by atoms with Gasteiger partial charge in [-0.1, -0.05) is 0 Å². The lowest BCUT2D eigenvalue weighted by atomic mass is 10.2. The highest BCUT2D eigenvalue weighted by Gasteiger charge is 2.18. The van der Waals surface area contributed by atoms with Crippen molar-refractivity contribution in [3.8, 4) is 0 Å². The number of piperazine rings is 1. The molecule has 1 aliphatic heterocycles. The molecule has 5 heteroatoms. The number of nitrogens with one attached hydrogen (secondary N) is 1. The van der Waals surface area contributed by atoms with E-state index in [1.165, 1.54) is 0 Å². The molecule has 0 bridgehead atoms. The average Bonchev–Trinajstić information content (AvgIpc) is 2.36. The minimum Gasteiger partial charge on any atom is -0.368 e. The first-order valence-electron chi connectivity index (χ1n) is 7.03. The number of rotatable bonds is 4. The summed E-state index contributed by atoms with van der Waals surface area (Å²) in [5.41, 5.74) is 1.02. The summed E-state index contributed by atoms with van der Waals surface area (Å²) in [4.78, 5) is 13.6. The number of nitrogens with zero attached hydrogens (tertiary/aromatic N) is 4. The van der Waals surface area contributed by atoms with Crippen molar-refractivity contribution in [2.45, 2.75) is 26.8 Å². The van der Waals surface area contributed by atoms with Gasteiger partial charge in [0.1, 0.15) is 11.6 Å². The summed E-state index contributed by atoms with van der Waals surface area (Å²) in [6.07, 6.45) is 0. The standard InChI is InChI=1S/C14H25N5/c1-11-9-14(17-13(3)16-11)15-10-12(2)19-7-5-18(4)6-8-19/h9,12H,5-8,10H2,1-4H3,(H,15,16,17). The van der Waals surface area contributed by atoms with E-state index in [0.717, 1.165) is 50.1 Å². The minimum atomic E-state index is 0.532. The Morgan fingerprint density at radius 1 is 1.21 bits per heavy atom. The third-order valence-electron chi connectivity index (χ3n) is 3.71. The van der Waals surface area contributed by atoms with E-state index in [4.69, 9.17) is 0 Å². The average molecular weight is 263 g/mol. The quantitative estimate of drug-likeness (QED) is 0.882. The van der Waals surface area contributed by atoms with Gasteiger partial charge in [-0.05, 0) is 27.8 Å². The Hall–Kier alpha value is -1.20. The fourth-order valence-corrected chi connectivity index (χ4v) is 2.45. The van der Waals surface area contributed by atoms with Crippen LogP contribution in [-0.4, -0.2) is 65.6 Å². The molecule has 0 saturated carbocycles. The monoisotopic (exact) mass is 263 g/mol. The van der Waals surface area contributed by atoms with E-state index in [1.54, 1.807) is 0 Å². The highest BCUT2D eigenvalue weighted by molar-refractivity contribution is 5.35. The molecule has 0 aromatic carbocycles. The Bertz CT molecular complexity index is 392. The van der Waals surface area contributed by atoms with Crippen molar-refractivity contribution in [3.63, 3.8) is 0 Å². The van der Waals surface area contributed by atoms with Crippen molar-refractivity contribution < 1.29 is 0 Å². The molecule has 0 aliphatic carbocycles. The summed E-state index contributed by atoms with van der Waals surface area (Å²) in [5.74, 6) is 1.76. The van der Waals surface area contributed by atoms with Crippen LogP contribution in [0.1, 0.15) is 18.4 Å². The summed E-state index contributed by atoms with van der Waals surface area (Å²) in [6.45, 7) is 11.8. The first-order valence-corrected chi connectivity index (χ1v) is 7.03. The lowest BCUT2D eigenvalue weighted by Crippen LogP contribution is -2.49. The van der Waals surface area contributed by atoms with Crippen molar-refractivity contribution in [3.05, 3.63) is 17.6 Å². The van der Waals surface area contributed by atoms with Gasteiger partial charge in [-0.3, -0.25) is 4.90 Å². The van der Waals surface area contributed by atoms with E-state index in [1.807, 2.05) is 19.9 Å². The van der Waals surface area contributed by atoms with Gasteiger partial charge in [-0.2, -0.15) is 0 Å². The van der Waals surface area contributed by atoms with Crippen LogP contribution in [0.4, 0.5) is 5.82 Å². The number of anilines is 1. The molecule has 0 radical (unpaired) electrons. The predicted octanol–water partition coefficient (Wildman–Crippen LogP) is 1.14. The number of likely N-dealkylation sites (N-methyl/N-ethyl adjacent to an activating group) is 1. The molecular weight excluding hydrogens is 238 g/mol. The van der Waals surface area contributed by atoms with Crippen molar-refractivity contribution in [1.82, 2.24) is 19.8 Å². The highest BCUT2D eigenvalue weighted by atomic mass is 15.3. The molecular formula is C14H25N5. The Labute approximate surface area is 116 Å². The number of aromatic nitrogens is 2. The van der Waals surface area contributed by atoms with Gasteiger partial charge in [0.25, 0.3) is 0 Å². The van der Waals surface area contributed by atoms with E-state index in [0.29, 0.717) is 6.04 Å². The number of hydrogen-bond donors (Lipinski definition) is 1. The van der Waals surface area contributed by atoms with E-state index in [-0.39, 0.29) is 0 Å². The lowest BCUT2D eigenvalue weighted by molar-refractivity contribution is 0.123. The van der Waals surface area contributed by atoms with Crippen molar-refractivity contribution in [2.24, 2.45) is 0 Å². The van der Waals surface area contributed by atoms with Gasteiger partial charge in [0.2, 0.25) is 0 Å². The molecule has 5 nitrogen and oxygen atoms in total. The normalized spacial score (nSPS) is 19.4. The Balaban J connectivity index is 1.84. The second-order valence-electron chi connectivity index (χ2n) is 5.51. The van der Waals surface area contributed by atoms with Gasteiger partial charge in [-0.25, -0.2) is 9.97 Å². The fraction of sp³-hybridized carbons (Fsp3) is 0.714. The Morgan fingerprint density at radius 3 is 2.53 bits per heavy atom. The molecule has 2 heterocycles. The maximum atomic E-state index is 4.41. The zero-order chi connectivity index (χ0) is 13.8. The second-order valence-corrected chi connectivity index (χ2v) is 5.51. The van der Waals surface area contributed by atoms with Crippen molar-refractivity contribution in [2.75, 3.05) is 45.1 Å². The molecule has 1 unspecified atom stereocenters. The largest absolute Gasteiger partial charge is 0.368 e. The lowest BCUT2D eigenvalue weighted by Gasteiger charge is -2.36. The summed E-state index contributed by atoms with van der Waals surface area (Å²) in [6, 6.07) is 2.54. The van der Waals surface area contributed by atoms with Crippen LogP contribution in [0, 0.1) is 13.8 Å². The van der Waals surface area contributed by atoms with Gasteiger partial charge in [0.05, 0.1) is 0 Å². The molecule has 1 N–H and O–H groups in total. The van der Waals surface area contributed by atoms with Crippen LogP contribution in [0.25, 0.3) is 0 Å². The third-order valence-corrected chi connectivity index (χ3v) is 3.71. The maximum absolute atomic E-state index is 4.41. The van der Waals surface area contributed by atoms with Gasteiger partial charge in [0.15, 0.2) is 0 Å². The summed E-state index contributed by atoms with van der Waals surface area (Å²) < 4.78 is 0.